The van der Waals surface area contributed by atoms with Crippen molar-refractivity contribution in [2.45, 2.75) is 33.4 Å². The molecule has 4 heteroatoms. The Labute approximate surface area is 120 Å². The van der Waals surface area contributed by atoms with Gasteiger partial charge < -0.3 is 10.1 Å². The van der Waals surface area contributed by atoms with Gasteiger partial charge in [-0.1, -0.05) is 19.1 Å². The SMILES string of the molecule is CCNC(c1cnn(CC)c1)c1ccc(C)cc1OC. The van der Waals surface area contributed by atoms with Crippen LogP contribution < -0.4 is 10.1 Å². The van der Waals surface area contributed by atoms with Gasteiger partial charge in [0.25, 0.3) is 0 Å². The minimum absolute atomic E-state index is 0.107. The number of methoxy groups -OCH3 is 1. The van der Waals surface area contributed by atoms with Crippen molar-refractivity contribution >= 4 is 0 Å². The maximum atomic E-state index is 5.54. The fourth-order valence-electron chi connectivity index (χ4n) is 2.37. The van der Waals surface area contributed by atoms with Gasteiger partial charge in [0.1, 0.15) is 5.75 Å². The molecule has 0 fully saturated rings. The average Bonchev–Trinajstić information content (AvgIpc) is 2.93. The van der Waals surface area contributed by atoms with Crippen LogP contribution >= 0.6 is 0 Å². The summed E-state index contributed by atoms with van der Waals surface area (Å²) in [4.78, 5) is 0. The van der Waals surface area contributed by atoms with E-state index in [1.165, 1.54) is 5.56 Å². The molecule has 108 valence electrons. The Bertz CT molecular complexity index is 563. The molecule has 2 aromatic rings. The van der Waals surface area contributed by atoms with Gasteiger partial charge in [-0.2, -0.15) is 5.10 Å². The number of ether oxygens (including phenoxy) is 1. The number of aryl methyl sites for hydroxylation is 2. The van der Waals surface area contributed by atoms with Crippen molar-refractivity contribution in [2.24, 2.45) is 0 Å². The summed E-state index contributed by atoms with van der Waals surface area (Å²) in [5, 5.41) is 7.89. The minimum atomic E-state index is 0.107. The van der Waals surface area contributed by atoms with Crippen LogP contribution in [0.4, 0.5) is 0 Å². The van der Waals surface area contributed by atoms with E-state index in [1.807, 2.05) is 10.9 Å². The van der Waals surface area contributed by atoms with Crippen molar-refractivity contribution in [3.8, 4) is 5.75 Å². The van der Waals surface area contributed by atoms with Gasteiger partial charge in [0.15, 0.2) is 0 Å². The average molecular weight is 273 g/mol. The molecule has 0 aliphatic rings. The highest BCUT2D eigenvalue weighted by Gasteiger charge is 2.18. The van der Waals surface area contributed by atoms with Crippen LogP contribution in [0.25, 0.3) is 0 Å². The standard InChI is InChI=1S/C16H23N3O/c1-5-17-16(13-10-18-19(6-2)11-13)14-8-7-12(3)9-15(14)20-4/h7-11,16-17H,5-6H2,1-4H3. The molecule has 20 heavy (non-hydrogen) atoms. The predicted molar refractivity (Wildman–Crippen MR) is 81.2 cm³/mol. The lowest BCUT2D eigenvalue weighted by molar-refractivity contribution is 0.404. The molecule has 0 aliphatic carbocycles. The number of hydrogen-bond acceptors (Lipinski definition) is 3. The molecule has 0 saturated carbocycles. The summed E-state index contributed by atoms with van der Waals surface area (Å²) in [6.07, 6.45) is 4.02. The van der Waals surface area contributed by atoms with Gasteiger partial charge >= 0.3 is 0 Å². The van der Waals surface area contributed by atoms with E-state index in [1.54, 1.807) is 7.11 Å². The number of hydrogen-bond donors (Lipinski definition) is 1. The van der Waals surface area contributed by atoms with E-state index in [0.29, 0.717) is 0 Å². The summed E-state index contributed by atoms with van der Waals surface area (Å²) in [6, 6.07) is 6.43. The fraction of sp³-hybridized carbons (Fsp3) is 0.438. The summed E-state index contributed by atoms with van der Waals surface area (Å²) in [7, 11) is 1.72. The van der Waals surface area contributed by atoms with Crippen LogP contribution in [0.1, 0.15) is 36.6 Å². The molecule has 1 unspecified atom stereocenters. The summed E-state index contributed by atoms with van der Waals surface area (Å²) in [5.74, 6) is 0.917. The summed E-state index contributed by atoms with van der Waals surface area (Å²) in [6.45, 7) is 8.04. The number of rotatable bonds is 6. The second-order valence-electron chi connectivity index (χ2n) is 4.87. The summed E-state index contributed by atoms with van der Waals surface area (Å²) in [5.41, 5.74) is 3.51. The van der Waals surface area contributed by atoms with Crippen LogP contribution in [0.2, 0.25) is 0 Å². The van der Waals surface area contributed by atoms with Gasteiger partial charge in [-0.15, -0.1) is 0 Å². The maximum absolute atomic E-state index is 5.54. The van der Waals surface area contributed by atoms with Gasteiger partial charge in [-0.3, -0.25) is 4.68 Å². The molecule has 2 rings (SSSR count). The second-order valence-corrected chi connectivity index (χ2v) is 4.87. The third-order valence-corrected chi connectivity index (χ3v) is 3.42. The van der Waals surface area contributed by atoms with Crippen molar-refractivity contribution in [3.63, 3.8) is 0 Å². The lowest BCUT2D eigenvalue weighted by Crippen LogP contribution is -2.22. The van der Waals surface area contributed by atoms with Crippen molar-refractivity contribution < 1.29 is 4.74 Å². The molecule has 0 saturated heterocycles. The highest BCUT2D eigenvalue weighted by molar-refractivity contribution is 5.43. The fourth-order valence-corrected chi connectivity index (χ4v) is 2.37. The van der Waals surface area contributed by atoms with E-state index in [9.17, 15) is 0 Å². The van der Waals surface area contributed by atoms with Gasteiger partial charge in [0.05, 0.1) is 19.3 Å². The summed E-state index contributed by atoms with van der Waals surface area (Å²) >= 11 is 0. The van der Waals surface area contributed by atoms with Gasteiger partial charge in [-0.25, -0.2) is 0 Å². The van der Waals surface area contributed by atoms with Crippen molar-refractivity contribution in [1.29, 1.82) is 0 Å². The van der Waals surface area contributed by atoms with Crippen LogP contribution in [0, 0.1) is 6.92 Å². The zero-order valence-electron chi connectivity index (χ0n) is 12.7. The minimum Gasteiger partial charge on any atom is -0.496 e. The first-order valence-electron chi connectivity index (χ1n) is 7.09. The largest absolute Gasteiger partial charge is 0.496 e. The topological polar surface area (TPSA) is 39.1 Å². The molecule has 0 aliphatic heterocycles. The maximum Gasteiger partial charge on any atom is 0.124 e. The molecular weight excluding hydrogens is 250 g/mol. The molecule has 1 atom stereocenters. The van der Waals surface area contributed by atoms with E-state index in [0.717, 1.165) is 30.0 Å². The van der Waals surface area contributed by atoms with Crippen LogP contribution in [-0.4, -0.2) is 23.4 Å². The number of benzene rings is 1. The number of nitrogens with one attached hydrogen (secondary N) is 1. The van der Waals surface area contributed by atoms with Crippen LogP contribution in [0.15, 0.2) is 30.6 Å². The van der Waals surface area contributed by atoms with Gasteiger partial charge in [0, 0.05) is 23.9 Å². The highest BCUT2D eigenvalue weighted by atomic mass is 16.5. The van der Waals surface area contributed by atoms with Crippen LogP contribution in [0.5, 0.6) is 5.75 Å². The molecule has 1 N–H and O–H groups in total. The number of nitrogens with zero attached hydrogens (tertiary/aromatic N) is 2. The summed E-state index contributed by atoms with van der Waals surface area (Å²) < 4.78 is 7.49. The zero-order chi connectivity index (χ0) is 14.5. The number of aromatic nitrogens is 2. The first kappa shape index (κ1) is 14.6. The first-order valence-corrected chi connectivity index (χ1v) is 7.09. The lowest BCUT2D eigenvalue weighted by Gasteiger charge is -2.20. The van der Waals surface area contributed by atoms with Crippen molar-refractivity contribution in [2.75, 3.05) is 13.7 Å². The second kappa shape index (κ2) is 6.57. The van der Waals surface area contributed by atoms with Crippen molar-refractivity contribution in [1.82, 2.24) is 15.1 Å². The van der Waals surface area contributed by atoms with Crippen molar-refractivity contribution in [3.05, 3.63) is 47.3 Å². The first-order chi connectivity index (χ1) is 9.69. The molecule has 0 amide bonds. The molecule has 0 bridgehead atoms. The molecular formula is C16H23N3O. The Morgan fingerprint density at radius 1 is 1.35 bits per heavy atom. The van der Waals surface area contributed by atoms with E-state index in [-0.39, 0.29) is 6.04 Å². The van der Waals surface area contributed by atoms with Gasteiger partial charge in [0.2, 0.25) is 0 Å². The lowest BCUT2D eigenvalue weighted by atomic mass is 9.99. The Morgan fingerprint density at radius 3 is 2.75 bits per heavy atom. The van der Waals surface area contributed by atoms with E-state index >= 15 is 0 Å². The normalized spacial score (nSPS) is 12.4. The zero-order valence-corrected chi connectivity index (χ0v) is 12.7. The monoisotopic (exact) mass is 273 g/mol. The van der Waals surface area contributed by atoms with Gasteiger partial charge in [-0.05, 0) is 32.0 Å². The predicted octanol–water partition coefficient (Wildman–Crippen LogP) is 2.92. The molecule has 1 aromatic heterocycles. The van der Waals surface area contributed by atoms with Crippen LogP contribution in [-0.2, 0) is 6.54 Å². The third-order valence-electron chi connectivity index (χ3n) is 3.42. The highest BCUT2D eigenvalue weighted by Crippen LogP contribution is 2.30. The van der Waals surface area contributed by atoms with Crippen LogP contribution in [0.3, 0.4) is 0 Å². The molecule has 0 spiro atoms. The smallest absolute Gasteiger partial charge is 0.124 e. The molecule has 0 radical (unpaired) electrons. The molecule has 1 aromatic carbocycles. The Kier molecular flexibility index (Phi) is 4.79. The Hall–Kier alpha value is -1.81. The van der Waals surface area contributed by atoms with E-state index in [2.05, 4.69) is 55.6 Å². The Morgan fingerprint density at radius 2 is 2.15 bits per heavy atom. The Balaban J connectivity index is 2.42. The van der Waals surface area contributed by atoms with E-state index < -0.39 is 0 Å². The quantitative estimate of drug-likeness (QED) is 0.879. The third kappa shape index (κ3) is 3.02. The molecule has 1 heterocycles. The molecule has 4 nitrogen and oxygen atoms in total. The van der Waals surface area contributed by atoms with E-state index in [4.69, 9.17) is 4.74 Å².